The minimum Gasteiger partial charge on any atom is -0.357 e. The first-order valence-electron chi connectivity index (χ1n) is 8.75. The van der Waals surface area contributed by atoms with Crippen molar-refractivity contribution in [2.75, 3.05) is 12.4 Å². The van der Waals surface area contributed by atoms with E-state index in [0.29, 0.717) is 12.5 Å². The van der Waals surface area contributed by atoms with Crippen LogP contribution in [0.3, 0.4) is 0 Å². The second-order valence-corrected chi connectivity index (χ2v) is 6.49. The molecule has 0 fully saturated rings. The van der Waals surface area contributed by atoms with E-state index in [1.807, 2.05) is 48.5 Å². The first kappa shape index (κ1) is 15.0. The third-order valence-electron chi connectivity index (χ3n) is 4.91. The number of nitrogens with zero attached hydrogens (tertiary/aromatic N) is 5. The molecular formula is C20H18N6. The molecule has 4 aromatic rings. The Labute approximate surface area is 150 Å². The molecule has 128 valence electrons. The number of benzene rings is 1. The van der Waals surface area contributed by atoms with Crippen molar-refractivity contribution < 1.29 is 0 Å². The molecular weight excluding hydrogens is 324 g/mol. The molecule has 6 heteroatoms. The highest BCUT2D eigenvalue weighted by Gasteiger charge is 2.22. The summed E-state index contributed by atoms with van der Waals surface area (Å²) in [5, 5.41) is 8.69. The van der Waals surface area contributed by atoms with E-state index in [0.717, 1.165) is 35.1 Å². The van der Waals surface area contributed by atoms with Gasteiger partial charge in [0.2, 0.25) is 5.95 Å². The van der Waals surface area contributed by atoms with E-state index in [2.05, 4.69) is 32.5 Å². The Morgan fingerprint density at radius 3 is 2.77 bits per heavy atom. The maximum atomic E-state index is 4.70. The third-order valence-corrected chi connectivity index (χ3v) is 4.91. The highest BCUT2D eigenvalue weighted by Crippen LogP contribution is 2.37. The fraction of sp³-hybridized carbons (Fsp3) is 0.200. The monoisotopic (exact) mass is 342 g/mol. The summed E-state index contributed by atoms with van der Waals surface area (Å²) in [6.45, 7) is 0.707. The lowest BCUT2D eigenvalue weighted by Crippen LogP contribution is -2.10. The first-order chi connectivity index (χ1) is 12.8. The van der Waals surface area contributed by atoms with E-state index < -0.39 is 0 Å². The zero-order valence-corrected chi connectivity index (χ0v) is 14.5. The molecule has 1 N–H and O–H groups in total. The van der Waals surface area contributed by atoms with Gasteiger partial charge in [-0.05, 0) is 24.0 Å². The van der Waals surface area contributed by atoms with Gasteiger partial charge in [0, 0.05) is 36.0 Å². The predicted octanol–water partition coefficient (Wildman–Crippen LogP) is 3.08. The second-order valence-electron chi connectivity index (χ2n) is 6.49. The van der Waals surface area contributed by atoms with Gasteiger partial charge in [0.15, 0.2) is 5.65 Å². The van der Waals surface area contributed by atoms with Crippen LogP contribution in [0.1, 0.15) is 16.8 Å². The Balaban J connectivity index is 1.65. The van der Waals surface area contributed by atoms with Gasteiger partial charge in [0.1, 0.15) is 0 Å². The number of anilines is 1. The quantitative estimate of drug-likeness (QED) is 0.620. The van der Waals surface area contributed by atoms with Crippen molar-refractivity contribution in [2.45, 2.75) is 19.4 Å². The standard InChI is InChI=1S/C20H18N6/c1-21-20-23-10-15-17(25-20)8-7-14-9-22-19-16(18(14)15)11-24-26(19)12-13-5-3-2-4-6-13/h2-6,9-11H,7-8,12H2,1H3,(H,21,23,25). The maximum Gasteiger partial charge on any atom is 0.222 e. The average Bonchev–Trinajstić information content (AvgIpc) is 3.11. The second kappa shape index (κ2) is 5.91. The van der Waals surface area contributed by atoms with Gasteiger partial charge in [-0.1, -0.05) is 30.3 Å². The lowest BCUT2D eigenvalue weighted by atomic mass is 9.89. The molecule has 0 bridgehead atoms. The number of hydrogen-bond donors (Lipinski definition) is 1. The van der Waals surface area contributed by atoms with Crippen LogP contribution in [0.25, 0.3) is 22.2 Å². The number of fused-ring (bicyclic) bond motifs is 5. The van der Waals surface area contributed by atoms with Crippen LogP contribution in [-0.4, -0.2) is 31.8 Å². The van der Waals surface area contributed by atoms with Crippen LogP contribution in [0.4, 0.5) is 5.95 Å². The summed E-state index contributed by atoms with van der Waals surface area (Å²) in [6.07, 6.45) is 7.67. The summed E-state index contributed by atoms with van der Waals surface area (Å²) in [6, 6.07) is 10.3. The minimum absolute atomic E-state index is 0.664. The normalized spacial score (nSPS) is 12.7. The van der Waals surface area contributed by atoms with Crippen LogP contribution in [0.2, 0.25) is 0 Å². The zero-order valence-electron chi connectivity index (χ0n) is 14.5. The Bertz CT molecular complexity index is 1100. The summed E-state index contributed by atoms with van der Waals surface area (Å²) in [5.74, 6) is 0.664. The van der Waals surface area contributed by atoms with E-state index in [1.54, 1.807) is 0 Å². The molecule has 26 heavy (non-hydrogen) atoms. The molecule has 1 aliphatic rings. The summed E-state index contributed by atoms with van der Waals surface area (Å²) < 4.78 is 1.96. The van der Waals surface area contributed by atoms with Crippen LogP contribution < -0.4 is 5.32 Å². The average molecular weight is 342 g/mol. The number of rotatable bonds is 3. The van der Waals surface area contributed by atoms with Crippen LogP contribution in [0.5, 0.6) is 0 Å². The van der Waals surface area contributed by atoms with Gasteiger partial charge in [0.05, 0.1) is 18.4 Å². The van der Waals surface area contributed by atoms with Crippen molar-refractivity contribution in [3.05, 3.63) is 65.7 Å². The van der Waals surface area contributed by atoms with Crippen LogP contribution in [0.15, 0.2) is 48.9 Å². The molecule has 0 amide bonds. The predicted molar refractivity (Wildman–Crippen MR) is 101 cm³/mol. The summed E-state index contributed by atoms with van der Waals surface area (Å²) in [5.41, 5.74) is 6.71. The fourth-order valence-electron chi connectivity index (χ4n) is 3.64. The van der Waals surface area contributed by atoms with E-state index in [4.69, 9.17) is 4.98 Å². The number of aryl methyl sites for hydroxylation is 2. The van der Waals surface area contributed by atoms with Crippen molar-refractivity contribution in [3.63, 3.8) is 0 Å². The molecule has 0 aliphatic heterocycles. The smallest absolute Gasteiger partial charge is 0.222 e. The van der Waals surface area contributed by atoms with Gasteiger partial charge in [0.25, 0.3) is 0 Å². The molecule has 0 radical (unpaired) electrons. The van der Waals surface area contributed by atoms with E-state index in [-0.39, 0.29) is 0 Å². The lowest BCUT2D eigenvalue weighted by Gasteiger charge is -2.19. The molecule has 5 rings (SSSR count). The molecule has 3 heterocycles. The topological polar surface area (TPSA) is 68.5 Å². The van der Waals surface area contributed by atoms with Crippen LogP contribution in [0, 0.1) is 0 Å². The third kappa shape index (κ3) is 2.34. The van der Waals surface area contributed by atoms with Gasteiger partial charge in [-0.25, -0.2) is 19.6 Å². The van der Waals surface area contributed by atoms with Gasteiger partial charge >= 0.3 is 0 Å². The van der Waals surface area contributed by atoms with Crippen molar-refractivity contribution in [1.82, 2.24) is 24.7 Å². The van der Waals surface area contributed by atoms with Crippen LogP contribution in [-0.2, 0) is 19.4 Å². The lowest BCUT2D eigenvalue weighted by molar-refractivity contribution is 0.704. The van der Waals surface area contributed by atoms with E-state index in [9.17, 15) is 0 Å². The molecule has 1 aromatic carbocycles. The maximum absolute atomic E-state index is 4.70. The van der Waals surface area contributed by atoms with Gasteiger partial charge in [-0.3, -0.25) is 0 Å². The summed E-state index contributed by atoms with van der Waals surface area (Å²) >= 11 is 0. The highest BCUT2D eigenvalue weighted by atomic mass is 15.3. The Morgan fingerprint density at radius 2 is 1.92 bits per heavy atom. The molecule has 1 aliphatic carbocycles. The minimum atomic E-state index is 0.664. The molecule has 3 aromatic heterocycles. The van der Waals surface area contributed by atoms with Gasteiger partial charge < -0.3 is 5.32 Å². The van der Waals surface area contributed by atoms with Crippen molar-refractivity contribution in [3.8, 4) is 11.1 Å². The zero-order chi connectivity index (χ0) is 17.5. The Kier molecular flexibility index (Phi) is 3.41. The molecule has 0 unspecified atom stereocenters. The fourth-order valence-corrected chi connectivity index (χ4v) is 3.64. The molecule has 6 nitrogen and oxygen atoms in total. The van der Waals surface area contributed by atoms with Gasteiger partial charge in [-0.2, -0.15) is 5.10 Å². The number of hydrogen-bond acceptors (Lipinski definition) is 5. The molecule has 0 spiro atoms. The number of pyridine rings is 1. The molecule has 0 saturated heterocycles. The Hall–Kier alpha value is -3.28. The molecule has 0 saturated carbocycles. The number of nitrogens with one attached hydrogen (secondary N) is 1. The first-order valence-corrected chi connectivity index (χ1v) is 8.75. The highest BCUT2D eigenvalue weighted by molar-refractivity contribution is 5.95. The largest absolute Gasteiger partial charge is 0.357 e. The summed E-state index contributed by atoms with van der Waals surface area (Å²) in [4.78, 5) is 13.8. The van der Waals surface area contributed by atoms with E-state index in [1.165, 1.54) is 16.7 Å². The molecule has 0 atom stereocenters. The van der Waals surface area contributed by atoms with Crippen molar-refractivity contribution >= 4 is 17.0 Å². The van der Waals surface area contributed by atoms with Crippen molar-refractivity contribution in [2.24, 2.45) is 0 Å². The SMILES string of the molecule is CNc1ncc2c(n1)CCc1cnc3c(cnn3Cc3ccccc3)c1-2. The van der Waals surface area contributed by atoms with Crippen molar-refractivity contribution in [1.29, 1.82) is 0 Å². The van der Waals surface area contributed by atoms with Crippen LogP contribution >= 0.6 is 0 Å². The summed E-state index contributed by atoms with van der Waals surface area (Å²) in [7, 11) is 1.84. The van der Waals surface area contributed by atoms with Gasteiger partial charge in [-0.15, -0.1) is 0 Å². The van der Waals surface area contributed by atoms with E-state index >= 15 is 0 Å². The number of aromatic nitrogens is 5. The Morgan fingerprint density at radius 1 is 1.04 bits per heavy atom.